The van der Waals surface area contributed by atoms with Crippen molar-refractivity contribution in [2.75, 3.05) is 26.2 Å². The maximum atomic E-state index is 13.0. The molecule has 0 saturated carbocycles. The minimum absolute atomic E-state index is 0.0961. The number of rotatable bonds is 1. The third-order valence-electron chi connectivity index (χ3n) is 3.89. The van der Waals surface area contributed by atoms with Crippen LogP contribution in [-0.2, 0) is 4.79 Å². The first-order valence-corrected chi connectivity index (χ1v) is 6.60. The number of hydrogen-bond donors (Lipinski definition) is 1. The van der Waals surface area contributed by atoms with Crippen LogP contribution in [0.2, 0.25) is 0 Å². The van der Waals surface area contributed by atoms with Crippen molar-refractivity contribution in [3.8, 4) is 0 Å². The number of halogens is 2. The molecule has 2 N–H and O–H groups in total. The Kier molecular flexibility index (Phi) is 3.91. The Morgan fingerprint density at radius 2 is 1.74 bits per heavy atom. The van der Waals surface area contributed by atoms with Crippen molar-refractivity contribution >= 4 is 11.9 Å². The zero-order chi connectivity index (χ0) is 14.0. The van der Waals surface area contributed by atoms with Gasteiger partial charge in [-0.3, -0.25) is 4.79 Å². The summed E-state index contributed by atoms with van der Waals surface area (Å²) in [6.07, 6.45) is 0.870. The molecule has 19 heavy (non-hydrogen) atoms. The fraction of sp³-hybridized carbons (Fsp3) is 0.833. The number of nitrogens with two attached hydrogens (primary N) is 1. The van der Waals surface area contributed by atoms with Crippen LogP contribution in [0.15, 0.2) is 0 Å². The van der Waals surface area contributed by atoms with Gasteiger partial charge in [0.25, 0.3) is 5.92 Å². The van der Waals surface area contributed by atoms with Crippen LogP contribution in [0.5, 0.6) is 0 Å². The highest BCUT2D eigenvalue weighted by molar-refractivity contribution is 5.80. The highest BCUT2D eigenvalue weighted by Gasteiger charge is 2.38. The normalized spacial score (nSPS) is 27.2. The van der Waals surface area contributed by atoms with Gasteiger partial charge in [-0.1, -0.05) is 0 Å². The second-order valence-corrected chi connectivity index (χ2v) is 5.30. The van der Waals surface area contributed by atoms with E-state index in [2.05, 4.69) is 0 Å². The molecule has 108 valence electrons. The van der Waals surface area contributed by atoms with Gasteiger partial charge in [-0.05, 0) is 12.8 Å². The van der Waals surface area contributed by atoms with Crippen molar-refractivity contribution in [2.24, 2.45) is 11.7 Å². The van der Waals surface area contributed by atoms with Crippen LogP contribution < -0.4 is 5.73 Å². The summed E-state index contributed by atoms with van der Waals surface area (Å²) in [6, 6.07) is -0.525. The molecule has 2 heterocycles. The van der Waals surface area contributed by atoms with E-state index in [9.17, 15) is 18.4 Å². The second kappa shape index (κ2) is 5.30. The van der Waals surface area contributed by atoms with Crippen molar-refractivity contribution in [3.05, 3.63) is 0 Å². The molecule has 1 atom stereocenters. The van der Waals surface area contributed by atoms with E-state index in [1.807, 2.05) is 0 Å². The van der Waals surface area contributed by atoms with Gasteiger partial charge in [-0.15, -0.1) is 0 Å². The number of likely N-dealkylation sites (tertiary alicyclic amines) is 2. The SMILES string of the molecule is NC(=O)N1CCC[C@H](C(=O)N2CCC(F)(F)CC2)C1. The van der Waals surface area contributed by atoms with Crippen LogP contribution in [0.1, 0.15) is 25.7 Å². The Balaban J connectivity index is 1.91. The quantitative estimate of drug-likeness (QED) is 0.777. The van der Waals surface area contributed by atoms with E-state index >= 15 is 0 Å². The van der Waals surface area contributed by atoms with Gasteiger partial charge in [0.1, 0.15) is 0 Å². The van der Waals surface area contributed by atoms with Crippen molar-refractivity contribution in [3.63, 3.8) is 0 Å². The van der Waals surface area contributed by atoms with Crippen LogP contribution in [0, 0.1) is 5.92 Å². The lowest BCUT2D eigenvalue weighted by Crippen LogP contribution is -2.50. The minimum atomic E-state index is -2.65. The van der Waals surface area contributed by atoms with E-state index in [0.717, 1.165) is 6.42 Å². The largest absolute Gasteiger partial charge is 0.351 e. The smallest absolute Gasteiger partial charge is 0.314 e. The molecule has 0 aromatic carbocycles. The second-order valence-electron chi connectivity index (χ2n) is 5.30. The van der Waals surface area contributed by atoms with Crippen LogP contribution in [0.25, 0.3) is 0 Å². The summed E-state index contributed by atoms with van der Waals surface area (Å²) < 4.78 is 26.1. The lowest BCUT2D eigenvalue weighted by molar-refractivity contribution is -0.142. The summed E-state index contributed by atoms with van der Waals surface area (Å²) in [6.45, 7) is 1.07. The van der Waals surface area contributed by atoms with Crippen molar-refractivity contribution < 1.29 is 18.4 Å². The maximum absolute atomic E-state index is 13.0. The number of carbonyl (C=O) groups is 2. The standard InChI is InChI=1S/C12H19F2N3O2/c13-12(14)3-6-16(7-4-12)10(18)9-2-1-5-17(8-9)11(15)19/h9H,1-8H2,(H2,15,19)/t9-/m0/s1. The Hall–Kier alpha value is -1.40. The molecule has 2 aliphatic heterocycles. The minimum Gasteiger partial charge on any atom is -0.351 e. The van der Waals surface area contributed by atoms with E-state index in [0.29, 0.717) is 19.5 Å². The molecule has 0 unspecified atom stereocenters. The molecule has 2 fully saturated rings. The summed E-state index contributed by atoms with van der Waals surface area (Å²) in [5.74, 6) is -3.07. The van der Waals surface area contributed by atoms with Gasteiger partial charge in [-0.2, -0.15) is 0 Å². The molecule has 2 saturated heterocycles. The predicted octanol–water partition coefficient (Wildman–Crippen LogP) is 1.03. The Bertz CT molecular complexity index is 366. The zero-order valence-electron chi connectivity index (χ0n) is 10.8. The molecule has 0 aromatic rings. The van der Waals surface area contributed by atoms with E-state index in [1.165, 1.54) is 9.80 Å². The summed E-state index contributed by atoms with van der Waals surface area (Å²) in [4.78, 5) is 26.3. The van der Waals surface area contributed by atoms with Crippen LogP contribution in [0.4, 0.5) is 13.6 Å². The molecule has 5 nitrogen and oxygen atoms in total. The van der Waals surface area contributed by atoms with Crippen molar-refractivity contribution in [1.29, 1.82) is 0 Å². The molecule has 0 aromatic heterocycles. The molecular weight excluding hydrogens is 256 g/mol. The molecule has 0 bridgehead atoms. The van der Waals surface area contributed by atoms with Gasteiger partial charge >= 0.3 is 6.03 Å². The highest BCUT2D eigenvalue weighted by Crippen LogP contribution is 2.29. The molecule has 0 radical (unpaired) electrons. The Labute approximate surface area is 110 Å². The predicted molar refractivity (Wildman–Crippen MR) is 64.6 cm³/mol. The number of amides is 3. The Morgan fingerprint density at radius 1 is 1.11 bits per heavy atom. The third-order valence-corrected chi connectivity index (χ3v) is 3.89. The summed E-state index contributed by atoms with van der Waals surface area (Å²) in [7, 11) is 0. The highest BCUT2D eigenvalue weighted by atomic mass is 19.3. The van der Waals surface area contributed by atoms with E-state index in [4.69, 9.17) is 5.73 Å². The van der Waals surface area contributed by atoms with Crippen LogP contribution in [-0.4, -0.2) is 53.8 Å². The molecular formula is C12H19F2N3O2. The average Bonchev–Trinajstić information content (AvgIpc) is 2.38. The molecule has 0 spiro atoms. The fourth-order valence-electron chi connectivity index (χ4n) is 2.69. The number of alkyl halides is 2. The summed E-state index contributed by atoms with van der Waals surface area (Å²) in [5.41, 5.74) is 5.21. The lowest BCUT2D eigenvalue weighted by atomic mass is 9.95. The third kappa shape index (κ3) is 3.33. The number of hydrogen-bond acceptors (Lipinski definition) is 2. The molecule has 2 aliphatic rings. The lowest BCUT2D eigenvalue weighted by Gasteiger charge is -2.37. The maximum Gasteiger partial charge on any atom is 0.314 e. The fourth-order valence-corrected chi connectivity index (χ4v) is 2.69. The number of urea groups is 1. The van der Waals surface area contributed by atoms with Gasteiger partial charge in [0.2, 0.25) is 5.91 Å². The number of primary amides is 1. The van der Waals surface area contributed by atoms with Crippen LogP contribution in [0.3, 0.4) is 0 Å². The first-order valence-electron chi connectivity index (χ1n) is 6.60. The molecule has 7 heteroatoms. The van der Waals surface area contributed by atoms with Gasteiger partial charge in [0, 0.05) is 39.0 Å². The van der Waals surface area contributed by atoms with Gasteiger partial charge in [0.15, 0.2) is 0 Å². The molecule has 2 rings (SSSR count). The number of carbonyl (C=O) groups excluding carboxylic acids is 2. The topological polar surface area (TPSA) is 66.6 Å². The van der Waals surface area contributed by atoms with Crippen LogP contribution >= 0.6 is 0 Å². The number of nitrogens with zero attached hydrogens (tertiary/aromatic N) is 2. The van der Waals surface area contributed by atoms with Gasteiger partial charge in [-0.25, -0.2) is 13.6 Å². The molecule has 3 amide bonds. The average molecular weight is 275 g/mol. The van der Waals surface area contributed by atoms with E-state index in [-0.39, 0.29) is 37.8 Å². The Morgan fingerprint density at radius 3 is 2.32 bits per heavy atom. The van der Waals surface area contributed by atoms with E-state index in [1.54, 1.807) is 0 Å². The van der Waals surface area contributed by atoms with Gasteiger partial charge in [0.05, 0.1) is 5.92 Å². The van der Waals surface area contributed by atoms with E-state index < -0.39 is 12.0 Å². The first kappa shape index (κ1) is 14.0. The number of piperidine rings is 2. The summed E-state index contributed by atoms with van der Waals surface area (Å²) in [5, 5.41) is 0. The monoisotopic (exact) mass is 275 g/mol. The zero-order valence-corrected chi connectivity index (χ0v) is 10.8. The van der Waals surface area contributed by atoms with Gasteiger partial charge < -0.3 is 15.5 Å². The van der Waals surface area contributed by atoms with Crippen molar-refractivity contribution in [1.82, 2.24) is 9.80 Å². The molecule has 0 aliphatic carbocycles. The van der Waals surface area contributed by atoms with Crippen molar-refractivity contribution in [2.45, 2.75) is 31.6 Å². The summed E-state index contributed by atoms with van der Waals surface area (Å²) >= 11 is 0. The first-order chi connectivity index (χ1) is 8.89.